The predicted octanol–water partition coefficient (Wildman–Crippen LogP) is -1.84. The van der Waals surface area contributed by atoms with E-state index in [-0.39, 0.29) is 18.2 Å². The Kier molecular flexibility index (Phi) is 3.46. The van der Waals surface area contributed by atoms with Gasteiger partial charge in [0, 0.05) is 6.54 Å². The summed E-state index contributed by atoms with van der Waals surface area (Å²) in [5.74, 6) is -0.629. The van der Waals surface area contributed by atoms with Crippen LogP contribution in [0.3, 0.4) is 0 Å². The fourth-order valence-electron chi connectivity index (χ4n) is 0.960. The molecule has 1 aliphatic rings. The molecule has 14 heavy (non-hydrogen) atoms. The fraction of sp³-hybridized carbons (Fsp3) is 0.857. The number of nitrogens with one attached hydrogen (secondary N) is 1. The van der Waals surface area contributed by atoms with Gasteiger partial charge in [0.25, 0.3) is 0 Å². The van der Waals surface area contributed by atoms with Crippen molar-refractivity contribution in [2.24, 2.45) is 11.7 Å². The van der Waals surface area contributed by atoms with Crippen LogP contribution in [0, 0.1) is 5.92 Å². The summed E-state index contributed by atoms with van der Waals surface area (Å²) in [6.07, 6.45) is 0.405. The zero-order valence-electron chi connectivity index (χ0n) is 7.64. The lowest BCUT2D eigenvalue weighted by Crippen LogP contribution is -2.40. The van der Waals surface area contributed by atoms with E-state index in [1.54, 1.807) is 0 Å². The molecule has 0 aliphatic heterocycles. The summed E-state index contributed by atoms with van der Waals surface area (Å²) in [5.41, 5.74) is 4.76. The third-order valence-electron chi connectivity index (χ3n) is 1.98. The van der Waals surface area contributed by atoms with E-state index in [9.17, 15) is 13.2 Å². The van der Waals surface area contributed by atoms with Gasteiger partial charge >= 0.3 is 0 Å². The van der Waals surface area contributed by atoms with Crippen LogP contribution in [0.4, 0.5) is 0 Å². The second kappa shape index (κ2) is 4.24. The van der Waals surface area contributed by atoms with Crippen LogP contribution in [0.1, 0.15) is 12.8 Å². The van der Waals surface area contributed by atoms with Crippen LogP contribution in [0.15, 0.2) is 0 Å². The molecule has 1 amide bonds. The highest BCUT2D eigenvalue weighted by molar-refractivity contribution is 7.89. The average Bonchev–Trinajstić information content (AvgIpc) is 2.83. The van der Waals surface area contributed by atoms with Gasteiger partial charge in [-0.05, 0) is 18.8 Å². The first kappa shape index (κ1) is 11.4. The molecule has 1 aliphatic carbocycles. The second-order valence-corrected chi connectivity index (χ2v) is 5.34. The van der Waals surface area contributed by atoms with E-state index in [2.05, 4.69) is 4.72 Å². The summed E-state index contributed by atoms with van der Waals surface area (Å²) in [6, 6.07) is 0. The number of hydrogen-bond donors (Lipinski definition) is 3. The zero-order chi connectivity index (χ0) is 10.8. The molecule has 0 saturated heterocycles. The van der Waals surface area contributed by atoms with Crippen molar-refractivity contribution in [1.82, 2.24) is 4.72 Å². The van der Waals surface area contributed by atoms with Gasteiger partial charge in [0.1, 0.15) is 6.10 Å². The monoisotopic (exact) mass is 222 g/mol. The minimum atomic E-state index is -3.36. The minimum Gasteiger partial charge on any atom is -0.382 e. The highest BCUT2D eigenvalue weighted by atomic mass is 32.2. The Bertz CT molecular complexity index is 310. The largest absolute Gasteiger partial charge is 0.382 e. The SMILES string of the molecule is NC(=O)C(O)CNS(=O)(=O)CC1CC1. The van der Waals surface area contributed by atoms with Crippen LogP contribution in [0.5, 0.6) is 0 Å². The Labute approximate surface area is 82.5 Å². The number of carbonyl (C=O) groups excluding carboxylic acids is 1. The standard InChI is InChI=1S/C7H14N2O4S/c8-7(11)6(10)3-9-14(12,13)4-5-1-2-5/h5-6,9-10H,1-4H2,(H2,8,11). The predicted molar refractivity (Wildman–Crippen MR) is 49.7 cm³/mol. The molecular weight excluding hydrogens is 208 g/mol. The Balaban J connectivity index is 2.31. The summed E-state index contributed by atoms with van der Waals surface area (Å²) in [6.45, 7) is -0.343. The minimum absolute atomic E-state index is 0.0679. The molecule has 0 bridgehead atoms. The summed E-state index contributed by atoms with van der Waals surface area (Å²) < 4.78 is 24.6. The molecule has 0 radical (unpaired) electrons. The van der Waals surface area contributed by atoms with Crippen molar-refractivity contribution < 1.29 is 18.3 Å². The van der Waals surface area contributed by atoms with E-state index in [1.807, 2.05) is 0 Å². The molecule has 1 fully saturated rings. The van der Waals surface area contributed by atoms with E-state index in [0.29, 0.717) is 0 Å². The van der Waals surface area contributed by atoms with Gasteiger partial charge in [-0.1, -0.05) is 0 Å². The summed E-state index contributed by atoms with van der Waals surface area (Å²) in [7, 11) is -3.36. The van der Waals surface area contributed by atoms with Crippen LogP contribution in [0.25, 0.3) is 0 Å². The smallest absolute Gasteiger partial charge is 0.247 e. The molecule has 0 aromatic heterocycles. The van der Waals surface area contributed by atoms with Crippen LogP contribution < -0.4 is 10.5 Å². The number of nitrogens with two attached hydrogens (primary N) is 1. The molecule has 1 unspecified atom stereocenters. The normalized spacial score (nSPS) is 19.2. The van der Waals surface area contributed by atoms with E-state index in [1.165, 1.54) is 0 Å². The average molecular weight is 222 g/mol. The number of sulfonamides is 1. The van der Waals surface area contributed by atoms with Crippen molar-refractivity contribution >= 4 is 15.9 Å². The lowest BCUT2D eigenvalue weighted by molar-refractivity contribution is -0.125. The maximum Gasteiger partial charge on any atom is 0.247 e. The molecule has 0 heterocycles. The quantitative estimate of drug-likeness (QED) is 0.490. The van der Waals surface area contributed by atoms with E-state index in [4.69, 9.17) is 10.8 Å². The Morgan fingerprint density at radius 2 is 2.14 bits per heavy atom. The van der Waals surface area contributed by atoms with Crippen molar-refractivity contribution in [3.05, 3.63) is 0 Å². The first-order chi connectivity index (χ1) is 6.41. The van der Waals surface area contributed by atoms with Gasteiger partial charge in [0.2, 0.25) is 15.9 Å². The Hall–Kier alpha value is -0.660. The van der Waals surface area contributed by atoms with Crippen molar-refractivity contribution in [2.45, 2.75) is 18.9 Å². The molecule has 82 valence electrons. The first-order valence-corrected chi connectivity index (χ1v) is 6.00. The molecule has 4 N–H and O–H groups in total. The number of amides is 1. The van der Waals surface area contributed by atoms with Gasteiger partial charge in [-0.15, -0.1) is 0 Å². The zero-order valence-corrected chi connectivity index (χ0v) is 8.46. The van der Waals surface area contributed by atoms with Crippen LogP contribution >= 0.6 is 0 Å². The van der Waals surface area contributed by atoms with E-state index in [0.717, 1.165) is 12.8 Å². The second-order valence-electron chi connectivity index (χ2n) is 3.49. The van der Waals surface area contributed by atoms with Crippen molar-refractivity contribution in [2.75, 3.05) is 12.3 Å². The topological polar surface area (TPSA) is 109 Å². The summed E-state index contributed by atoms with van der Waals surface area (Å²) >= 11 is 0. The van der Waals surface area contributed by atoms with Crippen LogP contribution in [0.2, 0.25) is 0 Å². The number of aliphatic hydroxyl groups excluding tert-OH is 1. The molecular formula is C7H14N2O4S. The number of carbonyl (C=O) groups is 1. The van der Waals surface area contributed by atoms with E-state index < -0.39 is 22.0 Å². The van der Waals surface area contributed by atoms with Gasteiger partial charge in [-0.25, -0.2) is 13.1 Å². The number of hydrogen-bond acceptors (Lipinski definition) is 4. The molecule has 7 heteroatoms. The maximum absolute atomic E-state index is 11.2. The lowest BCUT2D eigenvalue weighted by Gasteiger charge is -2.08. The Morgan fingerprint density at radius 1 is 1.57 bits per heavy atom. The van der Waals surface area contributed by atoms with Gasteiger partial charge in [0.15, 0.2) is 0 Å². The van der Waals surface area contributed by atoms with Gasteiger partial charge in [0.05, 0.1) is 5.75 Å². The van der Waals surface area contributed by atoms with Gasteiger partial charge < -0.3 is 10.8 Å². The van der Waals surface area contributed by atoms with Crippen molar-refractivity contribution in [3.8, 4) is 0 Å². The highest BCUT2D eigenvalue weighted by Gasteiger charge is 2.28. The molecule has 6 nitrogen and oxygen atoms in total. The number of rotatable bonds is 6. The lowest BCUT2D eigenvalue weighted by atomic mass is 10.3. The maximum atomic E-state index is 11.2. The molecule has 1 saturated carbocycles. The summed E-state index contributed by atoms with van der Waals surface area (Å²) in [4.78, 5) is 10.4. The summed E-state index contributed by atoms with van der Waals surface area (Å²) in [5, 5.41) is 8.94. The fourth-order valence-corrected chi connectivity index (χ4v) is 2.44. The molecule has 1 atom stereocenters. The Morgan fingerprint density at radius 3 is 2.57 bits per heavy atom. The van der Waals surface area contributed by atoms with Crippen molar-refractivity contribution in [3.63, 3.8) is 0 Å². The first-order valence-electron chi connectivity index (χ1n) is 4.35. The number of primary amides is 1. The molecule has 0 spiro atoms. The third kappa shape index (κ3) is 4.03. The van der Waals surface area contributed by atoms with Crippen LogP contribution in [-0.2, 0) is 14.8 Å². The van der Waals surface area contributed by atoms with Crippen LogP contribution in [-0.4, -0.2) is 37.8 Å². The highest BCUT2D eigenvalue weighted by Crippen LogP contribution is 2.29. The van der Waals surface area contributed by atoms with Gasteiger partial charge in [-0.3, -0.25) is 4.79 Å². The number of aliphatic hydroxyl groups is 1. The molecule has 0 aromatic carbocycles. The molecule has 1 rings (SSSR count). The third-order valence-corrected chi connectivity index (χ3v) is 3.49. The van der Waals surface area contributed by atoms with Gasteiger partial charge in [-0.2, -0.15) is 0 Å². The van der Waals surface area contributed by atoms with E-state index >= 15 is 0 Å². The molecule has 0 aromatic rings. The van der Waals surface area contributed by atoms with Crippen molar-refractivity contribution in [1.29, 1.82) is 0 Å².